The third-order valence-electron chi connectivity index (χ3n) is 3.53. The van der Waals surface area contributed by atoms with Gasteiger partial charge in [-0.3, -0.25) is 0 Å². The van der Waals surface area contributed by atoms with Crippen LogP contribution in [0.15, 0.2) is 16.7 Å². The number of anilines is 1. The van der Waals surface area contributed by atoms with Gasteiger partial charge in [0.1, 0.15) is 5.82 Å². The second kappa shape index (κ2) is 6.96. The third-order valence-corrected chi connectivity index (χ3v) is 3.97. The summed E-state index contributed by atoms with van der Waals surface area (Å²) in [4.78, 5) is 5.79. The highest BCUT2D eigenvalue weighted by Gasteiger charge is 2.36. The van der Waals surface area contributed by atoms with Crippen molar-refractivity contribution in [3.63, 3.8) is 0 Å². The van der Waals surface area contributed by atoms with Crippen LogP contribution >= 0.6 is 15.9 Å². The van der Waals surface area contributed by atoms with Crippen LogP contribution in [0.4, 0.5) is 19.0 Å². The van der Waals surface area contributed by atoms with Gasteiger partial charge in [-0.25, -0.2) is 4.98 Å². The van der Waals surface area contributed by atoms with Crippen LogP contribution in [-0.2, 0) is 6.18 Å². The molecule has 1 aromatic heterocycles. The predicted octanol–water partition coefficient (Wildman–Crippen LogP) is 3.83. The zero-order valence-electron chi connectivity index (χ0n) is 11.9. The van der Waals surface area contributed by atoms with Crippen molar-refractivity contribution in [3.8, 4) is 0 Å². The summed E-state index contributed by atoms with van der Waals surface area (Å²) in [6.07, 6.45) is -0.124. The lowest BCUT2D eigenvalue weighted by Crippen LogP contribution is -2.39. The van der Waals surface area contributed by atoms with E-state index in [9.17, 15) is 13.2 Å². The fourth-order valence-corrected chi connectivity index (χ4v) is 2.96. The first kappa shape index (κ1) is 16.5. The summed E-state index contributed by atoms with van der Waals surface area (Å²) in [5.74, 6) is 0.0289. The molecule has 1 unspecified atom stereocenters. The van der Waals surface area contributed by atoms with E-state index in [4.69, 9.17) is 0 Å². The van der Waals surface area contributed by atoms with E-state index in [2.05, 4.69) is 26.2 Å². The van der Waals surface area contributed by atoms with Gasteiger partial charge in [-0.2, -0.15) is 13.2 Å². The van der Waals surface area contributed by atoms with Gasteiger partial charge in [0, 0.05) is 29.8 Å². The number of nitrogens with zero attached hydrogens (tertiary/aromatic N) is 2. The van der Waals surface area contributed by atoms with Gasteiger partial charge in [-0.15, -0.1) is 0 Å². The van der Waals surface area contributed by atoms with Crippen molar-refractivity contribution in [3.05, 3.63) is 22.3 Å². The Morgan fingerprint density at radius 3 is 2.81 bits per heavy atom. The summed E-state index contributed by atoms with van der Waals surface area (Å²) in [6, 6.07) is 1.34. The maximum Gasteiger partial charge on any atom is 0.419 e. The lowest BCUT2D eigenvalue weighted by atomic mass is 10.1. The fourth-order valence-electron chi connectivity index (χ4n) is 2.62. The van der Waals surface area contributed by atoms with E-state index in [1.54, 1.807) is 4.90 Å². The number of pyridine rings is 1. The van der Waals surface area contributed by atoms with Crippen LogP contribution in [0, 0.1) is 0 Å². The van der Waals surface area contributed by atoms with Gasteiger partial charge >= 0.3 is 6.18 Å². The second-order valence-corrected chi connectivity index (χ2v) is 6.18. The average molecular weight is 366 g/mol. The van der Waals surface area contributed by atoms with Gasteiger partial charge in [-0.05, 0) is 47.8 Å². The Kier molecular flexibility index (Phi) is 5.48. The zero-order valence-corrected chi connectivity index (χ0v) is 13.5. The lowest BCUT2D eigenvalue weighted by Gasteiger charge is -2.29. The SMILES string of the molecule is CCCN(CC1CCCN1)c1ncc(Br)cc1C(F)(F)F. The normalized spacial score (nSPS) is 19.0. The standard InChI is InChI=1S/C14H19BrF3N3/c1-2-6-21(9-11-4-3-5-19-11)13-12(14(16,17)18)7-10(15)8-20-13/h7-8,11,19H,2-6,9H2,1H3. The van der Waals surface area contributed by atoms with Crippen LogP contribution in [0.1, 0.15) is 31.7 Å². The molecule has 1 aliphatic heterocycles. The summed E-state index contributed by atoms with van der Waals surface area (Å²) < 4.78 is 40.1. The Hall–Kier alpha value is -0.820. The zero-order chi connectivity index (χ0) is 15.5. The molecule has 2 heterocycles. The van der Waals surface area contributed by atoms with Crippen molar-refractivity contribution in [2.24, 2.45) is 0 Å². The molecule has 1 N–H and O–H groups in total. The van der Waals surface area contributed by atoms with Crippen molar-refractivity contribution in [1.82, 2.24) is 10.3 Å². The highest BCUT2D eigenvalue weighted by Crippen LogP contribution is 2.37. The third kappa shape index (κ3) is 4.32. The van der Waals surface area contributed by atoms with E-state index in [0.717, 1.165) is 31.9 Å². The fraction of sp³-hybridized carbons (Fsp3) is 0.643. The van der Waals surface area contributed by atoms with E-state index in [-0.39, 0.29) is 11.9 Å². The molecule has 7 heteroatoms. The molecule has 1 aromatic rings. The second-order valence-electron chi connectivity index (χ2n) is 5.26. The van der Waals surface area contributed by atoms with Crippen molar-refractivity contribution < 1.29 is 13.2 Å². The molecule has 0 amide bonds. The molecule has 2 rings (SSSR count). The minimum absolute atomic E-state index is 0.0289. The molecular formula is C14H19BrF3N3. The van der Waals surface area contributed by atoms with Crippen molar-refractivity contribution in [1.29, 1.82) is 0 Å². The van der Waals surface area contributed by atoms with Gasteiger partial charge in [-0.1, -0.05) is 6.92 Å². The van der Waals surface area contributed by atoms with Crippen LogP contribution in [0.25, 0.3) is 0 Å². The summed E-state index contributed by atoms with van der Waals surface area (Å²) in [6.45, 7) is 4.02. The first-order valence-corrected chi connectivity index (χ1v) is 7.92. The van der Waals surface area contributed by atoms with Gasteiger partial charge in [0.15, 0.2) is 0 Å². The summed E-state index contributed by atoms with van der Waals surface area (Å²) >= 11 is 3.07. The van der Waals surface area contributed by atoms with Gasteiger partial charge in [0.25, 0.3) is 0 Å². The topological polar surface area (TPSA) is 28.2 Å². The largest absolute Gasteiger partial charge is 0.419 e. The highest BCUT2D eigenvalue weighted by atomic mass is 79.9. The predicted molar refractivity (Wildman–Crippen MR) is 80.5 cm³/mol. The number of nitrogens with one attached hydrogen (secondary N) is 1. The first-order chi connectivity index (χ1) is 9.91. The van der Waals surface area contributed by atoms with Crippen LogP contribution < -0.4 is 10.2 Å². The summed E-state index contributed by atoms with van der Waals surface area (Å²) in [7, 11) is 0. The lowest BCUT2D eigenvalue weighted by molar-refractivity contribution is -0.137. The number of rotatable bonds is 5. The van der Waals surface area contributed by atoms with Gasteiger partial charge in [0.2, 0.25) is 0 Å². The number of hydrogen-bond acceptors (Lipinski definition) is 3. The van der Waals surface area contributed by atoms with E-state index < -0.39 is 11.7 Å². The molecule has 0 saturated carbocycles. The summed E-state index contributed by atoms with van der Waals surface area (Å²) in [5.41, 5.74) is -0.677. The Labute approximate surface area is 131 Å². The monoisotopic (exact) mass is 365 g/mol. The van der Waals surface area contributed by atoms with E-state index in [1.807, 2.05) is 6.92 Å². The Balaban J connectivity index is 2.30. The molecule has 0 aliphatic carbocycles. The number of alkyl halides is 3. The van der Waals surface area contributed by atoms with Crippen LogP contribution in [0.5, 0.6) is 0 Å². The van der Waals surface area contributed by atoms with E-state index in [1.165, 1.54) is 6.20 Å². The molecule has 0 radical (unpaired) electrons. The average Bonchev–Trinajstić information content (AvgIpc) is 2.90. The molecule has 0 spiro atoms. The maximum absolute atomic E-state index is 13.2. The molecule has 0 bridgehead atoms. The number of hydrogen-bond donors (Lipinski definition) is 1. The molecule has 21 heavy (non-hydrogen) atoms. The molecule has 1 aliphatic rings. The minimum atomic E-state index is -4.40. The Bertz CT molecular complexity index is 473. The smallest absolute Gasteiger partial charge is 0.355 e. The molecule has 1 fully saturated rings. The van der Waals surface area contributed by atoms with Crippen molar-refractivity contribution in [2.75, 3.05) is 24.5 Å². The first-order valence-electron chi connectivity index (χ1n) is 7.13. The van der Waals surface area contributed by atoms with E-state index >= 15 is 0 Å². The molecule has 1 atom stereocenters. The van der Waals surface area contributed by atoms with E-state index in [0.29, 0.717) is 17.6 Å². The molecule has 3 nitrogen and oxygen atoms in total. The molecule has 0 aromatic carbocycles. The number of aromatic nitrogens is 1. The minimum Gasteiger partial charge on any atom is -0.355 e. The van der Waals surface area contributed by atoms with Crippen molar-refractivity contribution >= 4 is 21.7 Å². The van der Waals surface area contributed by atoms with Crippen LogP contribution in [-0.4, -0.2) is 30.7 Å². The van der Waals surface area contributed by atoms with Crippen molar-refractivity contribution in [2.45, 2.75) is 38.4 Å². The molecular weight excluding hydrogens is 347 g/mol. The Morgan fingerprint density at radius 2 is 2.24 bits per heavy atom. The quantitative estimate of drug-likeness (QED) is 0.859. The molecule has 1 saturated heterocycles. The van der Waals surface area contributed by atoms with Gasteiger partial charge in [0.05, 0.1) is 5.56 Å². The number of halogens is 4. The molecule has 118 valence electrons. The maximum atomic E-state index is 13.2. The van der Waals surface area contributed by atoms with Crippen LogP contribution in [0.3, 0.4) is 0 Å². The van der Waals surface area contributed by atoms with Gasteiger partial charge < -0.3 is 10.2 Å². The summed E-state index contributed by atoms with van der Waals surface area (Å²) in [5, 5.41) is 3.32. The Morgan fingerprint density at radius 1 is 1.48 bits per heavy atom. The highest BCUT2D eigenvalue weighted by molar-refractivity contribution is 9.10. The van der Waals surface area contributed by atoms with Crippen LogP contribution in [0.2, 0.25) is 0 Å².